The van der Waals surface area contributed by atoms with E-state index in [0.717, 1.165) is 11.3 Å². The standard InChI is InChI=1S/C19H23N3O3S/c1-26(24,25)22-13-7-10-16(14-22)19(23)21-18(15-8-3-2-4-9-15)17-11-5-6-12-20-17/h2-6,8-9,11-12,16,18H,7,10,13-14H2,1H3,(H,21,23). The second-order valence-electron chi connectivity index (χ2n) is 6.57. The summed E-state index contributed by atoms with van der Waals surface area (Å²) in [7, 11) is -3.28. The van der Waals surface area contributed by atoms with Crippen molar-refractivity contribution in [2.75, 3.05) is 19.3 Å². The molecule has 0 radical (unpaired) electrons. The van der Waals surface area contributed by atoms with Gasteiger partial charge in [-0.05, 0) is 30.5 Å². The van der Waals surface area contributed by atoms with Crippen LogP contribution in [0, 0.1) is 5.92 Å². The van der Waals surface area contributed by atoms with Crippen LogP contribution in [0.2, 0.25) is 0 Å². The topological polar surface area (TPSA) is 79.4 Å². The zero-order chi connectivity index (χ0) is 18.6. The van der Waals surface area contributed by atoms with E-state index in [1.54, 1.807) is 6.20 Å². The first kappa shape index (κ1) is 18.5. The lowest BCUT2D eigenvalue weighted by molar-refractivity contribution is -0.126. The number of nitrogens with zero attached hydrogens (tertiary/aromatic N) is 2. The summed E-state index contributed by atoms with van der Waals surface area (Å²) in [6.07, 6.45) is 4.25. The second-order valence-corrected chi connectivity index (χ2v) is 8.55. The minimum atomic E-state index is -3.28. The average molecular weight is 373 g/mol. The molecule has 1 amide bonds. The molecular formula is C19H23N3O3S. The van der Waals surface area contributed by atoms with E-state index in [0.29, 0.717) is 19.4 Å². The Morgan fingerprint density at radius 3 is 2.58 bits per heavy atom. The molecule has 7 heteroatoms. The molecular weight excluding hydrogens is 350 g/mol. The molecule has 0 saturated carbocycles. The van der Waals surface area contributed by atoms with Crippen LogP contribution in [0.25, 0.3) is 0 Å². The largest absolute Gasteiger partial charge is 0.343 e. The zero-order valence-corrected chi connectivity index (χ0v) is 15.5. The molecule has 3 rings (SSSR count). The maximum atomic E-state index is 12.9. The van der Waals surface area contributed by atoms with Crippen molar-refractivity contribution in [1.29, 1.82) is 0 Å². The monoisotopic (exact) mass is 373 g/mol. The first-order valence-electron chi connectivity index (χ1n) is 8.66. The molecule has 0 aliphatic carbocycles. The number of carbonyl (C=O) groups is 1. The molecule has 1 saturated heterocycles. The van der Waals surface area contributed by atoms with Crippen molar-refractivity contribution in [1.82, 2.24) is 14.6 Å². The van der Waals surface area contributed by atoms with Gasteiger partial charge in [0, 0.05) is 19.3 Å². The number of rotatable bonds is 5. The third kappa shape index (κ3) is 4.47. The normalized spacial score (nSPS) is 19.7. The summed E-state index contributed by atoms with van der Waals surface area (Å²) in [6, 6.07) is 14.9. The van der Waals surface area contributed by atoms with Gasteiger partial charge >= 0.3 is 0 Å². The summed E-state index contributed by atoms with van der Waals surface area (Å²) in [4.78, 5) is 17.3. The summed E-state index contributed by atoms with van der Waals surface area (Å²) >= 11 is 0. The van der Waals surface area contributed by atoms with Gasteiger partial charge in [-0.25, -0.2) is 12.7 Å². The third-order valence-electron chi connectivity index (χ3n) is 4.63. The molecule has 1 aliphatic heterocycles. The molecule has 1 aromatic heterocycles. The van der Waals surface area contributed by atoms with Crippen LogP contribution in [0.5, 0.6) is 0 Å². The number of piperidine rings is 1. The van der Waals surface area contributed by atoms with Crippen molar-refractivity contribution in [2.24, 2.45) is 5.92 Å². The van der Waals surface area contributed by atoms with Crippen LogP contribution in [0.15, 0.2) is 54.7 Å². The lowest BCUT2D eigenvalue weighted by Crippen LogP contribution is -2.45. The lowest BCUT2D eigenvalue weighted by Gasteiger charge is -2.31. The molecule has 1 fully saturated rings. The van der Waals surface area contributed by atoms with E-state index in [2.05, 4.69) is 10.3 Å². The molecule has 2 atom stereocenters. The van der Waals surface area contributed by atoms with E-state index in [-0.39, 0.29) is 24.4 Å². The minimum absolute atomic E-state index is 0.141. The van der Waals surface area contributed by atoms with Gasteiger partial charge in [-0.15, -0.1) is 0 Å². The Labute approximate surface area is 154 Å². The van der Waals surface area contributed by atoms with Gasteiger partial charge in [-0.3, -0.25) is 9.78 Å². The molecule has 1 N–H and O–H groups in total. The van der Waals surface area contributed by atoms with Gasteiger partial charge in [0.15, 0.2) is 0 Å². The summed E-state index contributed by atoms with van der Waals surface area (Å²) in [5.74, 6) is -0.494. The van der Waals surface area contributed by atoms with Gasteiger partial charge in [-0.1, -0.05) is 36.4 Å². The molecule has 0 bridgehead atoms. The van der Waals surface area contributed by atoms with Crippen molar-refractivity contribution in [3.05, 3.63) is 66.0 Å². The molecule has 26 heavy (non-hydrogen) atoms. The Morgan fingerprint density at radius 1 is 1.19 bits per heavy atom. The van der Waals surface area contributed by atoms with E-state index in [9.17, 15) is 13.2 Å². The molecule has 0 spiro atoms. The number of nitrogens with one attached hydrogen (secondary N) is 1. The summed E-state index contributed by atoms with van der Waals surface area (Å²) in [6.45, 7) is 0.708. The van der Waals surface area contributed by atoms with Crippen LogP contribution in [0.1, 0.15) is 30.1 Å². The predicted octanol–water partition coefficient (Wildman–Crippen LogP) is 1.96. The number of benzene rings is 1. The highest BCUT2D eigenvalue weighted by Crippen LogP contribution is 2.23. The van der Waals surface area contributed by atoms with Crippen molar-refractivity contribution in [3.63, 3.8) is 0 Å². The zero-order valence-electron chi connectivity index (χ0n) is 14.7. The Hall–Kier alpha value is -2.25. The molecule has 138 valence electrons. The molecule has 2 heterocycles. The van der Waals surface area contributed by atoms with Gasteiger partial charge in [0.05, 0.1) is 23.9 Å². The van der Waals surface area contributed by atoms with Gasteiger partial charge < -0.3 is 5.32 Å². The third-order valence-corrected chi connectivity index (χ3v) is 5.90. The number of amides is 1. The molecule has 6 nitrogen and oxygen atoms in total. The fraction of sp³-hybridized carbons (Fsp3) is 0.368. The number of hydrogen-bond acceptors (Lipinski definition) is 4. The molecule has 1 aliphatic rings. The maximum absolute atomic E-state index is 12.9. The molecule has 1 aromatic carbocycles. The van der Waals surface area contributed by atoms with Crippen LogP contribution in [0.3, 0.4) is 0 Å². The van der Waals surface area contributed by atoms with E-state index < -0.39 is 10.0 Å². The highest BCUT2D eigenvalue weighted by Gasteiger charge is 2.31. The van der Waals surface area contributed by atoms with Crippen LogP contribution >= 0.6 is 0 Å². The summed E-state index contributed by atoms with van der Waals surface area (Å²) in [5, 5.41) is 3.07. The van der Waals surface area contributed by atoms with Crippen molar-refractivity contribution < 1.29 is 13.2 Å². The number of pyridine rings is 1. The average Bonchev–Trinajstić information content (AvgIpc) is 2.67. The molecule has 2 aromatic rings. The van der Waals surface area contributed by atoms with Crippen LogP contribution in [-0.4, -0.2) is 43.0 Å². The fourth-order valence-electron chi connectivity index (χ4n) is 3.24. The second kappa shape index (κ2) is 7.97. The van der Waals surface area contributed by atoms with Crippen molar-refractivity contribution in [2.45, 2.75) is 18.9 Å². The maximum Gasteiger partial charge on any atom is 0.225 e. The Kier molecular flexibility index (Phi) is 5.68. The van der Waals surface area contributed by atoms with Crippen LogP contribution in [-0.2, 0) is 14.8 Å². The lowest BCUT2D eigenvalue weighted by atomic mass is 9.96. The Balaban J connectivity index is 1.80. The van der Waals surface area contributed by atoms with Crippen molar-refractivity contribution in [3.8, 4) is 0 Å². The van der Waals surface area contributed by atoms with E-state index in [4.69, 9.17) is 0 Å². The first-order valence-corrected chi connectivity index (χ1v) is 10.5. The SMILES string of the molecule is CS(=O)(=O)N1CCCC(C(=O)NC(c2ccccc2)c2ccccn2)C1. The smallest absolute Gasteiger partial charge is 0.225 e. The van der Waals surface area contributed by atoms with Crippen LogP contribution < -0.4 is 5.32 Å². The minimum Gasteiger partial charge on any atom is -0.343 e. The van der Waals surface area contributed by atoms with Gasteiger partial charge in [0.25, 0.3) is 0 Å². The predicted molar refractivity (Wildman–Crippen MR) is 99.8 cm³/mol. The Bertz CT molecular complexity index is 801. The Morgan fingerprint density at radius 2 is 1.92 bits per heavy atom. The van der Waals surface area contributed by atoms with E-state index in [1.165, 1.54) is 10.6 Å². The first-order chi connectivity index (χ1) is 12.4. The highest BCUT2D eigenvalue weighted by atomic mass is 32.2. The fourth-order valence-corrected chi connectivity index (χ4v) is 4.15. The van der Waals surface area contributed by atoms with E-state index in [1.807, 2.05) is 48.5 Å². The summed E-state index contributed by atoms with van der Waals surface area (Å²) < 4.78 is 25.0. The summed E-state index contributed by atoms with van der Waals surface area (Å²) in [5.41, 5.74) is 1.69. The molecule has 2 unspecified atom stereocenters. The number of hydrogen-bond donors (Lipinski definition) is 1. The van der Waals surface area contributed by atoms with Gasteiger partial charge in [-0.2, -0.15) is 0 Å². The highest BCUT2D eigenvalue weighted by molar-refractivity contribution is 7.88. The number of sulfonamides is 1. The van der Waals surface area contributed by atoms with Crippen molar-refractivity contribution >= 4 is 15.9 Å². The number of carbonyl (C=O) groups excluding carboxylic acids is 1. The van der Waals surface area contributed by atoms with Gasteiger partial charge in [0.2, 0.25) is 15.9 Å². The quantitative estimate of drug-likeness (QED) is 0.869. The van der Waals surface area contributed by atoms with Gasteiger partial charge in [0.1, 0.15) is 0 Å². The van der Waals surface area contributed by atoms with Crippen LogP contribution in [0.4, 0.5) is 0 Å². The van der Waals surface area contributed by atoms with E-state index >= 15 is 0 Å². The number of aromatic nitrogens is 1.